The minimum absolute atomic E-state index is 0.594. The number of benzene rings is 7. The fraction of sp³-hybridized carbons (Fsp3) is 0.0128. The molecule has 0 aliphatic carbocycles. The molecule has 10 N–H and O–H groups in total. The number of methoxy groups -OCH3 is 1. The molecule has 0 aliphatic heterocycles. The molecule has 24 heteroatoms. The molecule has 20 aromatic rings. The Labute approximate surface area is 579 Å². The van der Waals surface area contributed by atoms with Crippen molar-refractivity contribution in [3.8, 4) is 5.88 Å². The average Bonchev–Trinajstić information content (AvgIpc) is 1.65. The summed E-state index contributed by atoms with van der Waals surface area (Å²) < 4.78 is 5.17. The second kappa shape index (κ2) is 28.5. The number of nitrogens with zero attached hydrogens (tertiary/aromatic N) is 13. The molecule has 0 bridgehead atoms. The van der Waals surface area contributed by atoms with E-state index in [0.29, 0.717) is 17.5 Å². The first kappa shape index (κ1) is 62.0. The molecule has 20 rings (SSSR count). The molecule has 0 saturated carbocycles. The number of hydrogen-bond donors (Lipinski definition) is 10. The molecule has 13 heterocycles. The lowest BCUT2D eigenvalue weighted by Gasteiger charge is -2.06. The van der Waals surface area contributed by atoms with Gasteiger partial charge in [-0.3, -0.25) is 55.4 Å². The number of ether oxygens (including phenoxy) is 1. The van der Waals surface area contributed by atoms with Crippen molar-refractivity contribution >= 4 is 167 Å². The Balaban J connectivity index is 0.0000000987. The minimum Gasteiger partial charge on any atom is -0.481 e. The van der Waals surface area contributed by atoms with Gasteiger partial charge < -0.3 is 31.3 Å². The van der Waals surface area contributed by atoms with Gasteiger partial charge in [0.05, 0.1) is 40.2 Å². The first-order valence-corrected chi connectivity index (χ1v) is 32.3. The maximum atomic E-state index is 5.17. The van der Waals surface area contributed by atoms with Crippen molar-refractivity contribution in [1.29, 1.82) is 0 Å². The van der Waals surface area contributed by atoms with Crippen LogP contribution < -0.4 is 31.3 Å². The van der Waals surface area contributed by atoms with Crippen LogP contribution in [0.3, 0.4) is 0 Å². The summed E-state index contributed by atoms with van der Waals surface area (Å²) in [5.74, 6) is 5.05. The Bertz CT molecular complexity index is 5720. The summed E-state index contributed by atoms with van der Waals surface area (Å²) in [7, 11) is 1.61. The van der Waals surface area contributed by atoms with E-state index in [2.05, 4.69) is 160 Å². The summed E-state index contributed by atoms with van der Waals surface area (Å²) >= 11 is 0. The van der Waals surface area contributed by atoms with Gasteiger partial charge in [-0.1, -0.05) is 78.9 Å². The molecule has 0 unspecified atom stereocenters. The smallest absolute Gasteiger partial charge is 0.213 e. The number of aromatic amines is 5. The van der Waals surface area contributed by atoms with E-state index in [9.17, 15) is 0 Å². The highest BCUT2D eigenvalue weighted by Gasteiger charge is 2.13. The van der Waals surface area contributed by atoms with Gasteiger partial charge >= 0.3 is 0 Å². The van der Waals surface area contributed by atoms with E-state index < -0.39 is 0 Å². The molecule has 7 aromatic carbocycles. The number of nitrogens with one attached hydrogen (secondary N) is 10. The number of H-pyrrole nitrogens is 5. The Morgan fingerprint density at radius 1 is 0.284 bits per heavy atom. The van der Waals surface area contributed by atoms with Crippen molar-refractivity contribution in [1.82, 2.24) is 90.9 Å². The highest BCUT2D eigenvalue weighted by molar-refractivity contribution is 5.96. The Hall–Kier alpha value is -14.8. The van der Waals surface area contributed by atoms with Gasteiger partial charge in [0.2, 0.25) is 5.88 Å². The predicted octanol–water partition coefficient (Wildman–Crippen LogP) is 17.5. The van der Waals surface area contributed by atoms with E-state index >= 15 is 0 Å². The van der Waals surface area contributed by atoms with Crippen LogP contribution >= 0.6 is 0 Å². The lowest BCUT2D eigenvalue weighted by atomic mass is 10.1. The number of rotatable bonds is 11. The summed E-state index contributed by atoms with van der Waals surface area (Å²) in [6.07, 6.45) is 16.1. The molecule has 0 spiro atoms. The van der Waals surface area contributed by atoms with Crippen LogP contribution in [0.1, 0.15) is 0 Å². The van der Waals surface area contributed by atoms with E-state index in [1.165, 1.54) is 10.8 Å². The molecular formula is C78H59N23O. The topological polar surface area (TPSA) is 316 Å². The second-order valence-electron chi connectivity index (χ2n) is 23.2. The summed E-state index contributed by atoms with van der Waals surface area (Å²) in [5, 5.41) is 63.9. The molecule has 0 aliphatic rings. The van der Waals surface area contributed by atoms with Crippen molar-refractivity contribution < 1.29 is 4.74 Å². The van der Waals surface area contributed by atoms with Gasteiger partial charge in [-0.05, 0) is 166 Å². The molecule has 0 amide bonds. The third kappa shape index (κ3) is 13.8. The zero-order chi connectivity index (χ0) is 68.4. The molecule has 0 radical (unpaired) electrons. The highest BCUT2D eigenvalue weighted by Crippen LogP contribution is 2.31. The zero-order valence-corrected chi connectivity index (χ0v) is 54.3. The van der Waals surface area contributed by atoms with Gasteiger partial charge in [-0.15, -0.1) is 0 Å². The summed E-state index contributed by atoms with van der Waals surface area (Å²) in [6, 6.07) is 74.1. The molecule has 0 saturated heterocycles. The average molecular weight is 1330 g/mol. The Morgan fingerprint density at radius 3 is 1.21 bits per heavy atom. The second-order valence-corrected chi connectivity index (χ2v) is 23.2. The fourth-order valence-corrected chi connectivity index (χ4v) is 11.5. The van der Waals surface area contributed by atoms with E-state index in [0.717, 1.165) is 144 Å². The standard InChI is InChI=1S/C16H13N5O.2C16H12N4.2C15H11N5/c1-22-14-8-11-7-12(5-4-10(11)9-18-14)19-16-15-13(20-21-16)3-2-6-17-15;1-2-5-12-10-13(8-7-11(12)4-1)18-16-15-14(19-20-16)6-3-9-17-15;1-2-4-15-14(3-1)16(20-19-15)18-13-6-5-12-10-17-8-7-11(12)9-13;1-2-13-14(17-6-1)15(20-19-13)18-12-4-3-11-9-16-7-5-10(11)8-12;1-2-5-11-10(4-1)7-8-13(17-11)18-15-14-12(19-20-15)6-3-9-16-14/h2-9H,1H3,(H2,19,20,21);2*1-10H,(H2,18,19,20);1-9H,(H2,18,19,20);1-9H,(H2,17,18,19,20). The molecule has 24 nitrogen and oxygen atoms in total. The molecule has 492 valence electrons. The number of para-hydroxylation sites is 2. The number of aromatic nitrogens is 18. The fourth-order valence-electron chi connectivity index (χ4n) is 11.5. The van der Waals surface area contributed by atoms with Crippen LogP contribution in [0.2, 0.25) is 0 Å². The largest absolute Gasteiger partial charge is 0.481 e. The Kier molecular flexibility index (Phi) is 17.3. The molecule has 102 heavy (non-hydrogen) atoms. The van der Waals surface area contributed by atoms with Crippen LogP contribution in [-0.4, -0.2) is 98.0 Å². The van der Waals surface area contributed by atoms with Gasteiger partial charge in [0.25, 0.3) is 0 Å². The molecular weight excluding hydrogens is 1280 g/mol. The van der Waals surface area contributed by atoms with Crippen molar-refractivity contribution in [2.24, 2.45) is 0 Å². The minimum atomic E-state index is 0.594. The van der Waals surface area contributed by atoms with Gasteiger partial charge in [0, 0.05) is 112 Å². The van der Waals surface area contributed by atoms with Gasteiger partial charge in [-0.25, -0.2) is 9.97 Å². The lowest BCUT2D eigenvalue weighted by Crippen LogP contribution is -1.95. The van der Waals surface area contributed by atoms with E-state index in [4.69, 9.17) is 4.74 Å². The van der Waals surface area contributed by atoms with Crippen LogP contribution in [0, 0.1) is 0 Å². The summed E-state index contributed by atoms with van der Waals surface area (Å²) in [5.41, 5.74) is 12.8. The Morgan fingerprint density at radius 2 is 0.676 bits per heavy atom. The number of anilines is 10. The van der Waals surface area contributed by atoms with Gasteiger partial charge in [0.15, 0.2) is 29.1 Å². The first-order chi connectivity index (χ1) is 50.4. The van der Waals surface area contributed by atoms with Crippen molar-refractivity contribution in [2.75, 3.05) is 33.7 Å². The zero-order valence-electron chi connectivity index (χ0n) is 54.3. The third-order valence-corrected chi connectivity index (χ3v) is 16.6. The quantitative estimate of drug-likeness (QED) is 0.0575. The summed E-state index contributed by atoms with van der Waals surface area (Å²) in [6.45, 7) is 0. The normalized spacial score (nSPS) is 11.0. The van der Waals surface area contributed by atoms with E-state index in [1.807, 2.05) is 194 Å². The van der Waals surface area contributed by atoms with E-state index in [-0.39, 0.29) is 0 Å². The van der Waals surface area contributed by atoms with Crippen LogP contribution in [0.15, 0.2) is 280 Å². The maximum absolute atomic E-state index is 5.17. The molecule has 0 fully saturated rings. The van der Waals surface area contributed by atoms with Crippen molar-refractivity contribution in [3.05, 3.63) is 280 Å². The van der Waals surface area contributed by atoms with Gasteiger partial charge in [-0.2, -0.15) is 25.5 Å². The van der Waals surface area contributed by atoms with Crippen molar-refractivity contribution in [3.63, 3.8) is 0 Å². The van der Waals surface area contributed by atoms with Crippen LogP contribution in [0.5, 0.6) is 5.88 Å². The molecule has 13 aromatic heterocycles. The monoisotopic (exact) mass is 1330 g/mol. The lowest BCUT2D eigenvalue weighted by molar-refractivity contribution is 0.399. The SMILES string of the molecule is COc1cc2cc(Nc3n[nH]c4cccnc34)ccc2cn1.c1ccc2c(Nc3ccc4cnccc4c3)n[nH]c2c1.c1ccc2cc(Nc3n[nH]c4cccnc34)ccc2c1.c1ccc2nc(Nc3n[nH]c4cccnc34)ccc2c1.c1cnc2c(Nc3ccc4cnccc4c3)n[nH]c2c1. The maximum Gasteiger partial charge on any atom is 0.213 e. The number of fused-ring (bicyclic) bond motifs is 10. The number of pyridine rings is 8. The first-order valence-electron chi connectivity index (χ1n) is 32.3. The third-order valence-electron chi connectivity index (χ3n) is 16.6. The predicted molar refractivity (Wildman–Crippen MR) is 406 cm³/mol. The molecule has 0 atom stereocenters. The van der Waals surface area contributed by atoms with Gasteiger partial charge in [0.1, 0.15) is 27.9 Å². The van der Waals surface area contributed by atoms with Crippen molar-refractivity contribution in [2.45, 2.75) is 0 Å². The van der Waals surface area contributed by atoms with Crippen LogP contribution in [0.4, 0.5) is 57.7 Å². The number of hydrogen-bond acceptors (Lipinski definition) is 19. The van der Waals surface area contributed by atoms with E-state index in [1.54, 1.807) is 50.5 Å². The van der Waals surface area contributed by atoms with Crippen LogP contribution in [0.25, 0.3) is 109 Å². The van der Waals surface area contributed by atoms with Crippen LogP contribution in [-0.2, 0) is 0 Å². The summed E-state index contributed by atoms with van der Waals surface area (Å²) in [4.78, 5) is 34.3. The highest BCUT2D eigenvalue weighted by atomic mass is 16.5.